The molecule has 3 aromatic carbocycles. The van der Waals surface area contributed by atoms with E-state index in [0.29, 0.717) is 17.4 Å². The van der Waals surface area contributed by atoms with Crippen LogP contribution in [0.1, 0.15) is 60.6 Å². The molecule has 3 aromatic rings. The van der Waals surface area contributed by atoms with Crippen LogP contribution >= 0.6 is 0 Å². The fourth-order valence-electron chi connectivity index (χ4n) is 6.24. The third-order valence-electron chi connectivity index (χ3n) is 8.09. The van der Waals surface area contributed by atoms with Crippen LogP contribution in [-0.4, -0.2) is 35.9 Å². The molecule has 1 N–H and O–H groups in total. The summed E-state index contributed by atoms with van der Waals surface area (Å²) in [7, 11) is 0. The average molecular weight is 469 g/mol. The van der Waals surface area contributed by atoms with Crippen LogP contribution in [-0.2, 0) is 9.53 Å². The summed E-state index contributed by atoms with van der Waals surface area (Å²) in [6.45, 7) is 1.62. The molecule has 0 spiro atoms. The van der Waals surface area contributed by atoms with E-state index in [1.165, 1.54) is 12.8 Å². The third-order valence-corrected chi connectivity index (χ3v) is 8.09. The molecule has 0 bridgehead atoms. The molecular formula is C30H32N2O3. The molecule has 1 saturated carbocycles. The largest absolute Gasteiger partial charge is 0.370 e. The maximum atomic E-state index is 13.1. The number of nitrogens with one attached hydrogen (secondary N) is 1. The van der Waals surface area contributed by atoms with Crippen molar-refractivity contribution in [3.8, 4) is 0 Å². The molecule has 2 saturated heterocycles. The lowest BCUT2D eigenvalue weighted by atomic mass is 9.90. The Balaban J connectivity index is 1.13. The summed E-state index contributed by atoms with van der Waals surface area (Å²) in [5.74, 6) is 0.878. The molecule has 5 heteroatoms. The summed E-state index contributed by atoms with van der Waals surface area (Å²) in [5, 5.41) is 5.08. The number of carbonyl (C=O) groups is 2. The van der Waals surface area contributed by atoms with Gasteiger partial charge >= 0.3 is 0 Å². The predicted octanol–water partition coefficient (Wildman–Crippen LogP) is 5.96. The van der Waals surface area contributed by atoms with Gasteiger partial charge in [0.1, 0.15) is 0 Å². The Morgan fingerprint density at radius 2 is 1.71 bits per heavy atom. The summed E-state index contributed by atoms with van der Waals surface area (Å²) in [6, 6.07) is 21.8. The van der Waals surface area contributed by atoms with Gasteiger partial charge in [0.05, 0.1) is 12.2 Å². The van der Waals surface area contributed by atoms with Crippen LogP contribution < -0.4 is 5.32 Å². The van der Waals surface area contributed by atoms with Crippen molar-refractivity contribution in [2.75, 3.05) is 18.4 Å². The second-order valence-corrected chi connectivity index (χ2v) is 10.3. The van der Waals surface area contributed by atoms with E-state index in [-0.39, 0.29) is 24.0 Å². The molecule has 3 fully saturated rings. The molecule has 1 aliphatic carbocycles. The van der Waals surface area contributed by atoms with E-state index < -0.39 is 0 Å². The van der Waals surface area contributed by atoms with E-state index in [1.807, 2.05) is 60.7 Å². The van der Waals surface area contributed by atoms with Gasteiger partial charge in [0.2, 0.25) is 5.91 Å². The quantitative estimate of drug-likeness (QED) is 0.514. The number of benzene rings is 3. The Kier molecular flexibility index (Phi) is 6.03. The lowest BCUT2D eigenvalue weighted by molar-refractivity contribution is -0.138. The van der Waals surface area contributed by atoms with Gasteiger partial charge in [-0.25, -0.2) is 0 Å². The van der Waals surface area contributed by atoms with Crippen LogP contribution in [0.5, 0.6) is 0 Å². The Hall–Kier alpha value is -3.18. The fourth-order valence-corrected chi connectivity index (χ4v) is 6.24. The molecule has 2 heterocycles. The Morgan fingerprint density at radius 1 is 0.914 bits per heavy atom. The van der Waals surface area contributed by atoms with Crippen molar-refractivity contribution in [3.63, 3.8) is 0 Å². The number of anilines is 1. The number of piperidine rings is 1. The Morgan fingerprint density at radius 3 is 2.60 bits per heavy atom. The van der Waals surface area contributed by atoms with Gasteiger partial charge in [0, 0.05) is 36.2 Å². The Bertz CT molecular complexity index is 1240. The van der Waals surface area contributed by atoms with E-state index in [1.54, 1.807) is 0 Å². The molecule has 3 aliphatic rings. The molecule has 35 heavy (non-hydrogen) atoms. The van der Waals surface area contributed by atoms with Gasteiger partial charge < -0.3 is 15.0 Å². The standard InChI is InChI=1S/C30H32N2O3/c33-29(26-14-6-10-20-7-3-4-13-25(20)26)31-24-12-5-11-22(17-24)28-18-23-19-32(16-15-27(23)35-28)30(34)21-8-1-2-9-21/h3-7,10-14,17,21,23,27-28H,1-2,8-9,15-16,18-19H2,(H,31,33). The van der Waals surface area contributed by atoms with Gasteiger partial charge in [-0.2, -0.15) is 0 Å². The highest BCUT2D eigenvalue weighted by Gasteiger charge is 2.41. The SMILES string of the molecule is O=C(Nc1cccc(C2CC3CN(C(=O)C4CCCC4)CCC3O2)c1)c1cccc2ccccc12. The van der Waals surface area contributed by atoms with Gasteiger partial charge in [-0.15, -0.1) is 0 Å². The molecule has 0 aromatic heterocycles. The molecule has 6 rings (SSSR count). The minimum absolute atomic E-state index is 0.000870. The minimum atomic E-state index is -0.110. The summed E-state index contributed by atoms with van der Waals surface area (Å²) in [5.41, 5.74) is 2.53. The number of ether oxygens (including phenoxy) is 1. The molecule has 3 unspecified atom stereocenters. The van der Waals surface area contributed by atoms with Crippen LogP contribution in [0.25, 0.3) is 10.8 Å². The molecule has 3 atom stereocenters. The number of likely N-dealkylation sites (tertiary alicyclic amines) is 1. The second-order valence-electron chi connectivity index (χ2n) is 10.3. The maximum absolute atomic E-state index is 13.1. The number of amides is 2. The first-order valence-electron chi connectivity index (χ1n) is 13.0. The first-order valence-corrected chi connectivity index (χ1v) is 13.0. The van der Waals surface area contributed by atoms with Crippen molar-refractivity contribution in [1.29, 1.82) is 0 Å². The normalized spacial score (nSPS) is 24.5. The van der Waals surface area contributed by atoms with E-state index in [0.717, 1.165) is 60.8 Å². The number of hydrogen-bond donors (Lipinski definition) is 1. The maximum Gasteiger partial charge on any atom is 0.256 e. The number of fused-ring (bicyclic) bond motifs is 2. The van der Waals surface area contributed by atoms with Crippen LogP contribution in [0.4, 0.5) is 5.69 Å². The van der Waals surface area contributed by atoms with Gasteiger partial charge in [-0.1, -0.05) is 61.4 Å². The summed E-state index contributed by atoms with van der Waals surface area (Å²) in [4.78, 5) is 28.1. The second kappa shape index (κ2) is 9.46. The zero-order valence-electron chi connectivity index (χ0n) is 20.0. The first-order chi connectivity index (χ1) is 17.2. The molecule has 0 radical (unpaired) electrons. The predicted molar refractivity (Wildman–Crippen MR) is 137 cm³/mol. The fraction of sp³-hybridized carbons (Fsp3) is 0.400. The third kappa shape index (κ3) is 4.45. The highest BCUT2D eigenvalue weighted by Crippen LogP contribution is 2.42. The lowest BCUT2D eigenvalue weighted by Crippen LogP contribution is -2.46. The van der Waals surface area contributed by atoms with Crippen molar-refractivity contribution in [2.45, 2.75) is 50.7 Å². The summed E-state index contributed by atoms with van der Waals surface area (Å²) < 4.78 is 6.46. The van der Waals surface area contributed by atoms with Crippen LogP contribution in [0, 0.1) is 11.8 Å². The minimum Gasteiger partial charge on any atom is -0.370 e. The number of rotatable bonds is 4. The van der Waals surface area contributed by atoms with E-state index in [2.05, 4.69) is 16.3 Å². The highest BCUT2D eigenvalue weighted by molar-refractivity contribution is 6.12. The molecule has 2 amide bonds. The van der Waals surface area contributed by atoms with Crippen molar-refractivity contribution >= 4 is 28.3 Å². The summed E-state index contributed by atoms with van der Waals surface area (Å²) >= 11 is 0. The number of hydrogen-bond acceptors (Lipinski definition) is 3. The molecular weight excluding hydrogens is 436 g/mol. The van der Waals surface area contributed by atoms with Gasteiger partial charge in [0.25, 0.3) is 5.91 Å². The van der Waals surface area contributed by atoms with Crippen molar-refractivity contribution in [1.82, 2.24) is 4.90 Å². The van der Waals surface area contributed by atoms with Crippen LogP contribution in [0.15, 0.2) is 66.7 Å². The average Bonchev–Trinajstić information content (AvgIpc) is 3.58. The summed E-state index contributed by atoms with van der Waals surface area (Å²) in [6.07, 6.45) is 6.53. The topological polar surface area (TPSA) is 58.6 Å². The van der Waals surface area contributed by atoms with E-state index in [4.69, 9.17) is 4.74 Å². The van der Waals surface area contributed by atoms with Crippen molar-refractivity contribution < 1.29 is 14.3 Å². The smallest absolute Gasteiger partial charge is 0.256 e. The highest BCUT2D eigenvalue weighted by atomic mass is 16.5. The van der Waals surface area contributed by atoms with Gasteiger partial charge in [-0.05, 0) is 60.2 Å². The first kappa shape index (κ1) is 22.3. The van der Waals surface area contributed by atoms with Crippen LogP contribution in [0.2, 0.25) is 0 Å². The zero-order chi connectivity index (χ0) is 23.8. The molecule has 180 valence electrons. The van der Waals surface area contributed by atoms with E-state index in [9.17, 15) is 9.59 Å². The zero-order valence-corrected chi connectivity index (χ0v) is 20.0. The van der Waals surface area contributed by atoms with Gasteiger partial charge in [-0.3, -0.25) is 9.59 Å². The van der Waals surface area contributed by atoms with Crippen molar-refractivity contribution in [2.24, 2.45) is 11.8 Å². The lowest BCUT2D eigenvalue weighted by Gasteiger charge is -2.35. The van der Waals surface area contributed by atoms with Crippen LogP contribution in [0.3, 0.4) is 0 Å². The van der Waals surface area contributed by atoms with E-state index >= 15 is 0 Å². The van der Waals surface area contributed by atoms with Gasteiger partial charge in [0.15, 0.2) is 0 Å². The number of nitrogens with zero attached hydrogens (tertiary/aromatic N) is 1. The van der Waals surface area contributed by atoms with Crippen molar-refractivity contribution in [3.05, 3.63) is 77.9 Å². The molecule has 5 nitrogen and oxygen atoms in total. The Labute approximate surface area is 206 Å². The number of carbonyl (C=O) groups excluding carboxylic acids is 2. The molecule has 2 aliphatic heterocycles. The monoisotopic (exact) mass is 468 g/mol.